The summed E-state index contributed by atoms with van der Waals surface area (Å²) in [6.45, 7) is 1.24. The van der Waals surface area contributed by atoms with Gasteiger partial charge in [0.1, 0.15) is 0 Å². The maximum Gasteiger partial charge on any atom is 0.273 e. The molecule has 0 aliphatic heterocycles. The zero-order valence-electron chi connectivity index (χ0n) is 9.04. The number of nitrogens with one attached hydrogen (secondary N) is 1. The molecule has 8 nitrogen and oxygen atoms in total. The van der Waals surface area contributed by atoms with E-state index in [4.69, 9.17) is 10.3 Å². The number of amides is 1. The van der Waals surface area contributed by atoms with Gasteiger partial charge < -0.3 is 15.6 Å². The summed E-state index contributed by atoms with van der Waals surface area (Å²) in [5.41, 5.74) is 5.61. The summed E-state index contributed by atoms with van der Waals surface area (Å²) in [6.07, 6.45) is 3.06. The summed E-state index contributed by atoms with van der Waals surface area (Å²) in [7, 11) is 0. The number of nitrogens with two attached hydrogens (primary N) is 1. The van der Waals surface area contributed by atoms with Gasteiger partial charge in [0.2, 0.25) is 0 Å². The van der Waals surface area contributed by atoms with Crippen molar-refractivity contribution >= 4 is 5.91 Å². The number of hydrogen-bond acceptors (Lipinski definition) is 6. The van der Waals surface area contributed by atoms with Crippen molar-refractivity contribution < 1.29 is 9.32 Å². The lowest BCUT2D eigenvalue weighted by molar-refractivity contribution is 0.0942. The first kappa shape index (κ1) is 11.3. The number of hydrogen-bond donors (Lipinski definition) is 2. The second-order valence-corrected chi connectivity index (χ2v) is 3.32. The van der Waals surface area contributed by atoms with Crippen molar-refractivity contribution in [2.24, 2.45) is 5.73 Å². The molecule has 0 saturated heterocycles. The fourth-order valence-corrected chi connectivity index (χ4v) is 1.24. The van der Waals surface area contributed by atoms with Crippen LogP contribution in [0.4, 0.5) is 0 Å². The second-order valence-electron chi connectivity index (χ2n) is 3.32. The topological polar surface area (TPSA) is 112 Å². The van der Waals surface area contributed by atoms with Crippen molar-refractivity contribution in [3.8, 4) is 0 Å². The maximum atomic E-state index is 11.6. The summed E-state index contributed by atoms with van der Waals surface area (Å²) >= 11 is 0. The zero-order valence-corrected chi connectivity index (χ0v) is 9.04. The van der Waals surface area contributed by atoms with E-state index in [1.807, 2.05) is 0 Å². The molecule has 90 valence electrons. The highest BCUT2D eigenvalue weighted by molar-refractivity contribution is 5.91. The Kier molecular flexibility index (Phi) is 3.46. The largest absolute Gasteiger partial charge is 0.360 e. The molecular weight excluding hydrogens is 224 g/mol. The van der Waals surface area contributed by atoms with Crippen molar-refractivity contribution in [2.45, 2.75) is 13.1 Å². The molecule has 0 unspecified atom stereocenters. The van der Waals surface area contributed by atoms with E-state index in [1.165, 1.54) is 10.9 Å². The lowest BCUT2D eigenvalue weighted by Gasteiger charge is -1.98. The molecule has 2 rings (SSSR count). The summed E-state index contributed by atoms with van der Waals surface area (Å²) in [5, 5.41) is 13.7. The van der Waals surface area contributed by atoms with Crippen molar-refractivity contribution in [2.75, 3.05) is 6.54 Å². The van der Waals surface area contributed by atoms with Gasteiger partial charge in [-0.05, 0) is 0 Å². The van der Waals surface area contributed by atoms with Gasteiger partial charge in [-0.1, -0.05) is 10.4 Å². The van der Waals surface area contributed by atoms with Gasteiger partial charge in [0.05, 0.1) is 25.5 Å². The van der Waals surface area contributed by atoms with Crippen LogP contribution in [0.2, 0.25) is 0 Å². The Balaban J connectivity index is 1.90. The molecule has 0 aromatic carbocycles. The molecule has 2 aromatic rings. The van der Waals surface area contributed by atoms with Crippen LogP contribution in [0.25, 0.3) is 0 Å². The zero-order chi connectivity index (χ0) is 12.1. The monoisotopic (exact) mass is 236 g/mol. The highest BCUT2D eigenvalue weighted by atomic mass is 16.5. The minimum Gasteiger partial charge on any atom is -0.360 e. The number of rotatable bonds is 5. The molecule has 3 N–H and O–H groups in total. The van der Waals surface area contributed by atoms with Crippen LogP contribution in [0.5, 0.6) is 0 Å². The van der Waals surface area contributed by atoms with Crippen LogP contribution < -0.4 is 11.1 Å². The van der Waals surface area contributed by atoms with Gasteiger partial charge in [-0.15, -0.1) is 5.10 Å². The number of carbonyl (C=O) groups is 1. The molecule has 0 spiro atoms. The van der Waals surface area contributed by atoms with E-state index in [9.17, 15) is 4.79 Å². The Morgan fingerprint density at radius 2 is 2.47 bits per heavy atom. The van der Waals surface area contributed by atoms with Gasteiger partial charge in [0.25, 0.3) is 5.91 Å². The third kappa shape index (κ3) is 2.88. The summed E-state index contributed by atoms with van der Waals surface area (Å²) in [5.74, 6) is 0.261. The molecule has 0 atom stereocenters. The van der Waals surface area contributed by atoms with Crippen molar-refractivity contribution in [3.05, 3.63) is 29.9 Å². The highest BCUT2D eigenvalue weighted by Crippen LogP contribution is 1.97. The van der Waals surface area contributed by atoms with Crippen LogP contribution >= 0.6 is 0 Å². The first-order valence-corrected chi connectivity index (χ1v) is 5.07. The molecule has 0 bridgehead atoms. The van der Waals surface area contributed by atoms with Crippen molar-refractivity contribution in [1.82, 2.24) is 25.5 Å². The van der Waals surface area contributed by atoms with E-state index < -0.39 is 0 Å². The average molecular weight is 236 g/mol. The number of aromatic nitrogens is 4. The molecule has 2 aromatic heterocycles. The van der Waals surface area contributed by atoms with E-state index in [2.05, 4.69) is 20.8 Å². The predicted molar refractivity (Wildman–Crippen MR) is 56.7 cm³/mol. The molecule has 8 heteroatoms. The summed E-state index contributed by atoms with van der Waals surface area (Å²) < 4.78 is 6.36. The SMILES string of the molecule is NCCn1cc(C(=O)NCc2ccno2)nn1. The molecule has 2 heterocycles. The van der Waals surface area contributed by atoms with E-state index in [0.29, 0.717) is 18.8 Å². The summed E-state index contributed by atoms with van der Waals surface area (Å²) in [6, 6.07) is 1.67. The lowest BCUT2D eigenvalue weighted by Crippen LogP contribution is -2.23. The molecule has 1 amide bonds. The van der Waals surface area contributed by atoms with Gasteiger partial charge in [-0.2, -0.15) is 0 Å². The lowest BCUT2D eigenvalue weighted by atomic mass is 10.4. The normalized spacial score (nSPS) is 10.4. The van der Waals surface area contributed by atoms with Crippen LogP contribution in [0.3, 0.4) is 0 Å². The Labute approximate surface area is 96.8 Å². The fourth-order valence-electron chi connectivity index (χ4n) is 1.24. The predicted octanol–water partition coefficient (Wildman–Crippen LogP) is -0.845. The first-order valence-electron chi connectivity index (χ1n) is 5.07. The van der Waals surface area contributed by atoms with Crippen LogP contribution in [-0.4, -0.2) is 32.6 Å². The van der Waals surface area contributed by atoms with E-state index >= 15 is 0 Å². The molecule has 0 fully saturated rings. The molecular formula is C9H12N6O2. The molecule has 0 aliphatic carbocycles. The van der Waals surface area contributed by atoms with Gasteiger partial charge >= 0.3 is 0 Å². The number of carbonyl (C=O) groups excluding carboxylic acids is 1. The van der Waals surface area contributed by atoms with Gasteiger partial charge in [-0.25, -0.2) is 0 Å². The van der Waals surface area contributed by atoms with Gasteiger partial charge in [-0.3, -0.25) is 9.48 Å². The van der Waals surface area contributed by atoms with E-state index in [-0.39, 0.29) is 18.1 Å². The Hall–Kier alpha value is -2.22. The van der Waals surface area contributed by atoms with Crippen LogP contribution in [-0.2, 0) is 13.1 Å². The van der Waals surface area contributed by atoms with Crippen LogP contribution in [0, 0.1) is 0 Å². The Morgan fingerprint density at radius 3 is 3.18 bits per heavy atom. The first-order chi connectivity index (χ1) is 8.29. The van der Waals surface area contributed by atoms with Crippen molar-refractivity contribution in [3.63, 3.8) is 0 Å². The molecule has 0 aliphatic rings. The average Bonchev–Trinajstić information content (AvgIpc) is 2.97. The van der Waals surface area contributed by atoms with Crippen LogP contribution in [0.1, 0.15) is 16.2 Å². The Morgan fingerprint density at radius 1 is 1.59 bits per heavy atom. The minimum absolute atomic E-state index is 0.248. The second kappa shape index (κ2) is 5.21. The maximum absolute atomic E-state index is 11.6. The van der Waals surface area contributed by atoms with Gasteiger partial charge in [0, 0.05) is 12.6 Å². The van der Waals surface area contributed by atoms with E-state index in [0.717, 1.165) is 0 Å². The molecule has 17 heavy (non-hydrogen) atoms. The minimum atomic E-state index is -0.315. The van der Waals surface area contributed by atoms with Crippen molar-refractivity contribution in [1.29, 1.82) is 0 Å². The summed E-state index contributed by atoms with van der Waals surface area (Å²) in [4.78, 5) is 11.6. The molecule has 0 saturated carbocycles. The standard InChI is InChI=1S/C9H12N6O2/c10-2-4-15-6-8(13-14-15)9(16)11-5-7-1-3-12-17-7/h1,3,6H,2,4-5,10H2,(H,11,16). The van der Waals surface area contributed by atoms with Gasteiger partial charge in [0.15, 0.2) is 11.5 Å². The fraction of sp³-hybridized carbons (Fsp3) is 0.333. The quantitative estimate of drug-likeness (QED) is 0.699. The highest BCUT2D eigenvalue weighted by Gasteiger charge is 2.10. The third-order valence-electron chi connectivity index (χ3n) is 2.04. The number of nitrogens with zero attached hydrogens (tertiary/aromatic N) is 4. The third-order valence-corrected chi connectivity index (χ3v) is 2.04. The van der Waals surface area contributed by atoms with Crippen LogP contribution in [0.15, 0.2) is 23.0 Å². The van der Waals surface area contributed by atoms with E-state index in [1.54, 1.807) is 12.3 Å². The Bertz CT molecular complexity index is 477. The molecule has 0 radical (unpaired) electrons. The smallest absolute Gasteiger partial charge is 0.273 e.